The quantitative estimate of drug-likeness (QED) is 0.529. The van der Waals surface area contributed by atoms with Crippen molar-refractivity contribution in [2.75, 3.05) is 6.54 Å². The van der Waals surface area contributed by atoms with Gasteiger partial charge in [-0.05, 0) is 61.8 Å². The molecule has 2 heterocycles. The second kappa shape index (κ2) is 8.24. The molecule has 3 aromatic rings. The summed E-state index contributed by atoms with van der Waals surface area (Å²) in [4.78, 5) is 28.0. The van der Waals surface area contributed by atoms with Crippen LogP contribution in [0.1, 0.15) is 59.9 Å². The molecule has 172 valence electrons. The molecule has 5 rings (SSSR count). The van der Waals surface area contributed by atoms with Gasteiger partial charge in [0.05, 0.1) is 12.0 Å². The van der Waals surface area contributed by atoms with E-state index in [9.17, 15) is 18.0 Å². The molecule has 2 aliphatic carbocycles. The SMILES string of the molecule is CC(c1ncnn1-c1ncccn1)N(CC1CC1)C(=O)c1ccc(C2CC2C(F)(F)F)cc1. The van der Waals surface area contributed by atoms with Crippen molar-refractivity contribution >= 4 is 5.91 Å². The Kier molecular flexibility index (Phi) is 5.38. The van der Waals surface area contributed by atoms with Gasteiger partial charge in [0.1, 0.15) is 6.33 Å². The summed E-state index contributed by atoms with van der Waals surface area (Å²) in [6.45, 7) is 2.46. The summed E-state index contributed by atoms with van der Waals surface area (Å²) >= 11 is 0. The van der Waals surface area contributed by atoms with Gasteiger partial charge in [0.2, 0.25) is 0 Å². The number of rotatable bonds is 7. The molecule has 2 aromatic heterocycles. The van der Waals surface area contributed by atoms with Crippen molar-refractivity contribution < 1.29 is 18.0 Å². The molecule has 0 N–H and O–H groups in total. The maximum atomic E-state index is 13.5. The fraction of sp³-hybridized carbons (Fsp3) is 0.435. The molecular weight excluding hydrogens is 433 g/mol. The Bertz CT molecular complexity index is 1130. The highest BCUT2D eigenvalue weighted by atomic mass is 19.4. The van der Waals surface area contributed by atoms with Crippen molar-refractivity contribution in [1.82, 2.24) is 29.6 Å². The predicted molar refractivity (Wildman–Crippen MR) is 112 cm³/mol. The summed E-state index contributed by atoms with van der Waals surface area (Å²) in [5.41, 5.74) is 1.06. The van der Waals surface area contributed by atoms with E-state index >= 15 is 0 Å². The highest BCUT2D eigenvalue weighted by molar-refractivity contribution is 5.94. The smallest absolute Gasteiger partial charge is 0.328 e. The minimum Gasteiger partial charge on any atom is -0.328 e. The number of halogens is 3. The van der Waals surface area contributed by atoms with E-state index in [2.05, 4.69) is 20.1 Å². The average Bonchev–Trinajstić information content (AvgIpc) is 3.74. The molecule has 1 amide bonds. The van der Waals surface area contributed by atoms with Gasteiger partial charge >= 0.3 is 6.18 Å². The molecule has 2 saturated carbocycles. The van der Waals surface area contributed by atoms with Crippen molar-refractivity contribution in [3.05, 3.63) is 66.0 Å². The Labute approximate surface area is 188 Å². The molecule has 0 aliphatic heterocycles. The van der Waals surface area contributed by atoms with Crippen LogP contribution < -0.4 is 0 Å². The van der Waals surface area contributed by atoms with E-state index in [1.807, 2.05) is 6.92 Å². The topological polar surface area (TPSA) is 76.8 Å². The van der Waals surface area contributed by atoms with Gasteiger partial charge in [-0.3, -0.25) is 4.79 Å². The van der Waals surface area contributed by atoms with Gasteiger partial charge in [0, 0.05) is 24.5 Å². The lowest BCUT2D eigenvalue weighted by Gasteiger charge is -2.29. The Hall–Kier alpha value is -3.30. The highest BCUT2D eigenvalue weighted by Gasteiger charge is 2.56. The number of carbonyl (C=O) groups is 1. The zero-order valence-electron chi connectivity index (χ0n) is 18.0. The number of alkyl halides is 3. The maximum Gasteiger partial charge on any atom is 0.392 e. The maximum absolute atomic E-state index is 13.5. The second-order valence-electron chi connectivity index (χ2n) is 8.77. The third-order valence-electron chi connectivity index (χ3n) is 6.37. The van der Waals surface area contributed by atoms with E-state index in [0.717, 1.165) is 12.8 Å². The molecule has 33 heavy (non-hydrogen) atoms. The summed E-state index contributed by atoms with van der Waals surface area (Å²) in [7, 11) is 0. The first-order valence-electron chi connectivity index (χ1n) is 11.0. The van der Waals surface area contributed by atoms with Crippen molar-refractivity contribution in [3.8, 4) is 5.95 Å². The lowest BCUT2D eigenvalue weighted by atomic mass is 10.0. The van der Waals surface area contributed by atoms with Crippen molar-refractivity contribution in [3.63, 3.8) is 0 Å². The number of amides is 1. The summed E-state index contributed by atoms with van der Waals surface area (Å²) < 4.78 is 40.3. The fourth-order valence-electron chi connectivity index (χ4n) is 4.19. The number of hydrogen-bond donors (Lipinski definition) is 0. The Morgan fingerprint density at radius 1 is 1.15 bits per heavy atom. The summed E-state index contributed by atoms with van der Waals surface area (Å²) in [5, 5.41) is 4.23. The first-order valence-corrected chi connectivity index (χ1v) is 11.0. The van der Waals surface area contributed by atoms with E-state index in [-0.39, 0.29) is 12.3 Å². The first-order chi connectivity index (χ1) is 15.8. The average molecular weight is 456 g/mol. The van der Waals surface area contributed by atoms with Gasteiger partial charge < -0.3 is 4.90 Å². The van der Waals surface area contributed by atoms with E-state index in [0.29, 0.717) is 35.4 Å². The van der Waals surface area contributed by atoms with Crippen molar-refractivity contribution in [1.29, 1.82) is 0 Å². The van der Waals surface area contributed by atoms with Crippen LogP contribution in [0.15, 0.2) is 49.1 Å². The first kappa shape index (κ1) is 21.5. The van der Waals surface area contributed by atoms with Crippen LogP contribution in [0.5, 0.6) is 0 Å². The van der Waals surface area contributed by atoms with Crippen LogP contribution in [0, 0.1) is 11.8 Å². The fourth-order valence-corrected chi connectivity index (χ4v) is 4.19. The van der Waals surface area contributed by atoms with E-state index in [1.165, 1.54) is 11.0 Å². The van der Waals surface area contributed by atoms with Crippen LogP contribution in [0.25, 0.3) is 5.95 Å². The molecule has 10 heteroatoms. The third-order valence-corrected chi connectivity index (χ3v) is 6.37. The van der Waals surface area contributed by atoms with Crippen LogP contribution in [0.4, 0.5) is 13.2 Å². The molecule has 7 nitrogen and oxygen atoms in total. The van der Waals surface area contributed by atoms with Crippen molar-refractivity contribution in [2.24, 2.45) is 11.8 Å². The molecule has 2 fully saturated rings. The number of hydrogen-bond acceptors (Lipinski definition) is 5. The lowest BCUT2D eigenvalue weighted by Crippen LogP contribution is -2.36. The molecule has 3 unspecified atom stereocenters. The monoisotopic (exact) mass is 456 g/mol. The van der Waals surface area contributed by atoms with Crippen LogP contribution in [0.2, 0.25) is 0 Å². The van der Waals surface area contributed by atoms with Crippen LogP contribution in [0.3, 0.4) is 0 Å². The minimum atomic E-state index is -4.17. The zero-order valence-corrected chi connectivity index (χ0v) is 18.0. The van der Waals surface area contributed by atoms with Crippen LogP contribution >= 0.6 is 0 Å². The molecule has 0 spiro atoms. The largest absolute Gasteiger partial charge is 0.392 e. The molecule has 0 saturated heterocycles. The minimum absolute atomic E-state index is 0.110. The summed E-state index contributed by atoms with van der Waals surface area (Å²) in [6.07, 6.45) is 2.68. The number of nitrogens with zero attached hydrogens (tertiary/aromatic N) is 6. The third kappa shape index (κ3) is 4.46. The lowest BCUT2D eigenvalue weighted by molar-refractivity contribution is -0.148. The number of benzene rings is 1. The summed E-state index contributed by atoms with van der Waals surface area (Å²) in [5.74, 6) is -0.648. The van der Waals surface area contributed by atoms with Gasteiger partial charge in [-0.1, -0.05) is 12.1 Å². The van der Waals surface area contributed by atoms with Gasteiger partial charge in [0.15, 0.2) is 5.82 Å². The van der Waals surface area contributed by atoms with E-state index in [1.54, 1.807) is 47.6 Å². The molecule has 3 atom stereocenters. The number of aromatic nitrogens is 5. The van der Waals surface area contributed by atoms with Crippen LogP contribution in [-0.4, -0.2) is 48.3 Å². The predicted octanol–water partition coefficient (Wildman–Crippen LogP) is 4.34. The van der Waals surface area contributed by atoms with E-state index in [4.69, 9.17) is 0 Å². The Morgan fingerprint density at radius 3 is 2.45 bits per heavy atom. The van der Waals surface area contributed by atoms with Gasteiger partial charge in [-0.25, -0.2) is 15.0 Å². The highest BCUT2D eigenvalue weighted by Crippen LogP contribution is 2.56. The van der Waals surface area contributed by atoms with Gasteiger partial charge in [-0.2, -0.15) is 23.0 Å². The molecule has 0 bridgehead atoms. The van der Waals surface area contributed by atoms with Crippen molar-refractivity contribution in [2.45, 2.75) is 44.3 Å². The van der Waals surface area contributed by atoms with Gasteiger partial charge in [-0.15, -0.1) is 0 Å². The van der Waals surface area contributed by atoms with Crippen LogP contribution in [-0.2, 0) is 0 Å². The number of carbonyl (C=O) groups excluding carboxylic acids is 1. The summed E-state index contributed by atoms with van der Waals surface area (Å²) in [6, 6.07) is 7.84. The zero-order chi connectivity index (χ0) is 23.2. The molecule has 2 aliphatic rings. The van der Waals surface area contributed by atoms with Gasteiger partial charge in [0.25, 0.3) is 11.9 Å². The normalized spacial score (nSPS) is 21.0. The Morgan fingerprint density at radius 2 is 1.85 bits per heavy atom. The molecule has 0 radical (unpaired) electrons. The second-order valence-corrected chi connectivity index (χ2v) is 8.77. The Balaban J connectivity index is 1.38. The molecular formula is C23H23F3N6O. The standard InChI is InChI=1S/C23H23F3N6O/c1-14(20-29-13-30-32(20)22-27-9-2-10-28-22)31(12-15-3-4-15)21(33)17-7-5-16(6-8-17)18-11-19(18)23(24,25)26/h2,5-10,13-15,18-19H,3-4,11-12H2,1H3. The molecule has 1 aromatic carbocycles. The van der Waals surface area contributed by atoms with E-state index < -0.39 is 24.1 Å².